The SMILES string of the molecule is C[C]1[CH]CCC1.[Cl][Ti]([Cl])[Cl]. The van der Waals surface area contributed by atoms with Gasteiger partial charge in [-0.25, -0.2) is 0 Å². The zero-order valence-electron chi connectivity index (χ0n) is 5.83. The molecule has 0 bridgehead atoms. The molecule has 0 nitrogen and oxygen atoms in total. The van der Waals surface area contributed by atoms with Crippen molar-refractivity contribution in [2.24, 2.45) is 0 Å². The van der Waals surface area contributed by atoms with Gasteiger partial charge in [0.05, 0.1) is 0 Å². The maximum atomic E-state index is 4.97. The van der Waals surface area contributed by atoms with Crippen molar-refractivity contribution in [3.8, 4) is 0 Å². The topological polar surface area (TPSA) is 0 Å². The molecule has 4 heteroatoms. The first-order valence-corrected chi connectivity index (χ1v) is 9.56. The predicted molar refractivity (Wildman–Crippen MR) is 44.6 cm³/mol. The van der Waals surface area contributed by atoms with Gasteiger partial charge in [-0.2, -0.15) is 0 Å². The molecule has 1 saturated carbocycles. The van der Waals surface area contributed by atoms with Gasteiger partial charge in [-0.15, -0.1) is 0 Å². The summed E-state index contributed by atoms with van der Waals surface area (Å²) in [5, 5.41) is 0. The van der Waals surface area contributed by atoms with Crippen LogP contribution in [0.1, 0.15) is 26.2 Å². The fourth-order valence-electron chi connectivity index (χ4n) is 0.831. The van der Waals surface area contributed by atoms with Crippen LogP contribution in [0.15, 0.2) is 0 Å². The van der Waals surface area contributed by atoms with E-state index in [1.165, 1.54) is 19.3 Å². The molecule has 0 aromatic rings. The van der Waals surface area contributed by atoms with E-state index in [1.807, 2.05) is 0 Å². The summed E-state index contributed by atoms with van der Waals surface area (Å²) in [5.74, 6) is 1.58. The third-order valence-electron chi connectivity index (χ3n) is 1.27. The predicted octanol–water partition coefficient (Wildman–Crippen LogP) is 4.03. The Labute approximate surface area is 80.7 Å². The number of rotatable bonds is 0. The van der Waals surface area contributed by atoms with Crippen LogP contribution in [0.3, 0.4) is 0 Å². The van der Waals surface area contributed by atoms with Gasteiger partial charge in [0.15, 0.2) is 0 Å². The zero-order valence-corrected chi connectivity index (χ0v) is 9.66. The molecule has 0 heterocycles. The van der Waals surface area contributed by atoms with Gasteiger partial charge in [-0.05, 0) is 25.2 Å². The van der Waals surface area contributed by atoms with E-state index in [0.29, 0.717) is 0 Å². The number of halogens is 3. The van der Waals surface area contributed by atoms with Crippen LogP contribution < -0.4 is 0 Å². The average Bonchev–Trinajstić information content (AvgIpc) is 2.15. The minimum atomic E-state index is -1.92. The maximum absolute atomic E-state index is 4.97. The van der Waals surface area contributed by atoms with Crippen molar-refractivity contribution < 1.29 is 14.7 Å². The number of hydrogen-bond acceptors (Lipinski definition) is 0. The van der Waals surface area contributed by atoms with Gasteiger partial charge in [0.25, 0.3) is 0 Å². The first kappa shape index (κ1) is 11.6. The summed E-state index contributed by atoms with van der Waals surface area (Å²) >= 11 is -1.92. The summed E-state index contributed by atoms with van der Waals surface area (Å²) in [4.78, 5) is 0. The molecule has 0 N–H and O–H groups in total. The van der Waals surface area contributed by atoms with Gasteiger partial charge in [0, 0.05) is 0 Å². The van der Waals surface area contributed by atoms with Crippen molar-refractivity contribution in [2.75, 3.05) is 0 Å². The molecule has 0 saturated heterocycles. The number of hydrogen-bond donors (Lipinski definition) is 0. The molecule has 0 aromatic carbocycles. The van der Waals surface area contributed by atoms with E-state index in [0.717, 1.165) is 0 Å². The molecular formula is C6H10Cl3Ti. The first-order valence-electron chi connectivity index (χ1n) is 3.12. The molecule has 0 atom stereocenters. The summed E-state index contributed by atoms with van der Waals surface area (Å²) in [6.45, 7) is 2.20. The third-order valence-corrected chi connectivity index (χ3v) is 1.27. The summed E-state index contributed by atoms with van der Waals surface area (Å²) in [7, 11) is 14.9. The molecule has 1 fully saturated rings. The summed E-state index contributed by atoms with van der Waals surface area (Å²) < 4.78 is 0. The van der Waals surface area contributed by atoms with Crippen LogP contribution in [0.4, 0.5) is 0 Å². The van der Waals surface area contributed by atoms with Crippen LogP contribution in [0.5, 0.6) is 0 Å². The van der Waals surface area contributed by atoms with Gasteiger partial charge in [-0.3, -0.25) is 0 Å². The van der Waals surface area contributed by atoms with Crippen LogP contribution in [0.25, 0.3) is 0 Å². The summed E-state index contributed by atoms with van der Waals surface area (Å²) in [6.07, 6.45) is 6.39. The van der Waals surface area contributed by atoms with E-state index in [1.54, 1.807) is 5.92 Å². The molecule has 0 aliphatic heterocycles. The first-order chi connectivity index (χ1) is 4.63. The van der Waals surface area contributed by atoms with Crippen LogP contribution in [-0.4, -0.2) is 0 Å². The Bertz CT molecular complexity index is 68.6. The van der Waals surface area contributed by atoms with Gasteiger partial charge in [-0.1, -0.05) is 13.3 Å². The fraction of sp³-hybridized carbons (Fsp3) is 0.667. The molecule has 0 unspecified atom stereocenters. The zero-order chi connectivity index (χ0) is 7.98. The molecule has 0 spiro atoms. The molecule has 1 rings (SSSR count). The van der Waals surface area contributed by atoms with Crippen molar-refractivity contribution in [2.45, 2.75) is 26.2 Å². The molecule has 59 valence electrons. The van der Waals surface area contributed by atoms with Gasteiger partial charge >= 0.3 is 42.6 Å². The van der Waals surface area contributed by atoms with Crippen molar-refractivity contribution in [1.82, 2.24) is 0 Å². The fourth-order valence-corrected chi connectivity index (χ4v) is 0.831. The van der Waals surface area contributed by atoms with Crippen LogP contribution >= 0.6 is 27.9 Å². The van der Waals surface area contributed by atoms with E-state index in [2.05, 4.69) is 13.3 Å². The Balaban J connectivity index is 0.000000180. The second-order valence-corrected chi connectivity index (χ2v) is 9.89. The van der Waals surface area contributed by atoms with Gasteiger partial charge < -0.3 is 0 Å². The molecule has 10 heavy (non-hydrogen) atoms. The average molecular weight is 236 g/mol. The normalized spacial score (nSPS) is 18.0. The van der Waals surface area contributed by atoms with Crippen molar-refractivity contribution >= 4 is 27.9 Å². The molecule has 1 aliphatic carbocycles. The molecule has 0 aromatic heterocycles. The molecular weight excluding hydrogens is 226 g/mol. The minimum absolute atomic E-state index is 1.33. The summed E-state index contributed by atoms with van der Waals surface area (Å²) in [6, 6.07) is 0. The Hall–Kier alpha value is 1.58. The second kappa shape index (κ2) is 7.25. The Kier molecular flexibility index (Phi) is 8.39. The summed E-state index contributed by atoms with van der Waals surface area (Å²) in [5.41, 5.74) is 0. The van der Waals surface area contributed by atoms with Crippen molar-refractivity contribution in [3.05, 3.63) is 12.3 Å². The van der Waals surface area contributed by atoms with E-state index in [9.17, 15) is 0 Å². The standard InChI is InChI=1S/C6H10.3ClH.Ti/c1-6-4-2-3-5-6;;;;/h4H,2-3,5H2,1H3;3*1H;/q;;;;+3/p-3. The Morgan fingerprint density at radius 1 is 1.40 bits per heavy atom. The third kappa shape index (κ3) is 9.58. The molecule has 1 aliphatic rings. The van der Waals surface area contributed by atoms with E-state index in [-0.39, 0.29) is 0 Å². The monoisotopic (exact) mass is 235 g/mol. The van der Waals surface area contributed by atoms with E-state index < -0.39 is 14.7 Å². The molecule has 2 radical (unpaired) electrons. The van der Waals surface area contributed by atoms with Crippen LogP contribution in [-0.2, 0) is 14.7 Å². The van der Waals surface area contributed by atoms with Gasteiger partial charge in [0.2, 0.25) is 0 Å². The van der Waals surface area contributed by atoms with E-state index >= 15 is 0 Å². The van der Waals surface area contributed by atoms with Crippen molar-refractivity contribution in [1.29, 1.82) is 0 Å². The second-order valence-electron chi connectivity index (χ2n) is 2.16. The van der Waals surface area contributed by atoms with Crippen LogP contribution in [0, 0.1) is 12.3 Å². The van der Waals surface area contributed by atoms with Crippen molar-refractivity contribution in [3.63, 3.8) is 0 Å². The Morgan fingerprint density at radius 3 is 2.00 bits per heavy atom. The molecule has 0 amide bonds. The van der Waals surface area contributed by atoms with E-state index in [4.69, 9.17) is 27.9 Å². The quantitative estimate of drug-likeness (QED) is 0.557. The van der Waals surface area contributed by atoms with Gasteiger partial charge in [0.1, 0.15) is 0 Å². The van der Waals surface area contributed by atoms with Crippen LogP contribution in [0.2, 0.25) is 0 Å². The Morgan fingerprint density at radius 2 is 1.90 bits per heavy atom.